The number of hydrogen-bond acceptors (Lipinski definition) is 15. The molecule has 0 spiro atoms. The molecule has 2 aromatic heterocycles. The summed E-state index contributed by atoms with van der Waals surface area (Å²) in [7, 11) is -0.268. The van der Waals surface area contributed by atoms with Gasteiger partial charge in [0.1, 0.15) is 55.9 Å². The molecule has 412 valence electrons. The van der Waals surface area contributed by atoms with Crippen molar-refractivity contribution in [3.63, 3.8) is 0 Å². The zero-order chi connectivity index (χ0) is 55.0. The van der Waals surface area contributed by atoms with Gasteiger partial charge in [0.25, 0.3) is 21.9 Å². The van der Waals surface area contributed by atoms with Gasteiger partial charge in [0.15, 0.2) is 23.0 Å². The number of likely N-dealkylation sites (tertiary alicyclic amines) is 2. The van der Waals surface area contributed by atoms with Gasteiger partial charge in [-0.05, 0) is 82.6 Å². The molecular weight excluding hydrogens is 1020 g/mol. The average Bonchev–Trinajstić information content (AvgIpc) is 3.49. The van der Waals surface area contributed by atoms with E-state index >= 15 is 0 Å². The van der Waals surface area contributed by atoms with E-state index in [-0.39, 0.29) is 48.5 Å². The van der Waals surface area contributed by atoms with Gasteiger partial charge in [-0.3, -0.25) is 33.4 Å². The molecule has 0 radical (unpaired) electrons. The summed E-state index contributed by atoms with van der Waals surface area (Å²) >= 11 is 0. The highest BCUT2D eigenvalue weighted by Crippen LogP contribution is 2.37. The molecule has 0 unspecified atom stereocenters. The maximum absolute atomic E-state index is 13.1. The topological polar surface area (TPSA) is 197 Å². The van der Waals surface area contributed by atoms with Crippen LogP contribution in [0.25, 0.3) is 0 Å². The van der Waals surface area contributed by atoms with Gasteiger partial charge < -0.3 is 43.5 Å². The summed E-state index contributed by atoms with van der Waals surface area (Å²) < 4.78 is 61.3. The Morgan fingerprint density at radius 3 is 1.49 bits per heavy atom. The van der Waals surface area contributed by atoms with E-state index in [0.29, 0.717) is 106 Å². The average molecular weight is 1090 g/mol. The number of benzene rings is 4. The molecule has 18 nitrogen and oxygen atoms in total. The van der Waals surface area contributed by atoms with E-state index in [1.54, 1.807) is 54.5 Å². The van der Waals surface area contributed by atoms with E-state index < -0.39 is 10.1 Å². The van der Waals surface area contributed by atoms with Crippen LogP contribution in [0.4, 0.5) is 0 Å². The number of ether oxygens (including phenoxy) is 6. The Hall–Kier alpha value is -7.74. The molecule has 0 saturated carbocycles. The highest BCUT2D eigenvalue weighted by atomic mass is 32.2. The van der Waals surface area contributed by atoms with Crippen LogP contribution in [0.3, 0.4) is 0 Å². The molecule has 3 fully saturated rings. The number of methoxy groups -OCH3 is 2. The van der Waals surface area contributed by atoms with E-state index in [4.69, 9.17) is 28.4 Å². The lowest BCUT2D eigenvalue weighted by Gasteiger charge is -2.39. The van der Waals surface area contributed by atoms with Crippen molar-refractivity contribution in [3.8, 4) is 34.5 Å². The molecule has 0 atom stereocenters. The smallest absolute Gasteiger partial charge is 0.272 e. The monoisotopic (exact) mass is 1080 g/mol. The van der Waals surface area contributed by atoms with Crippen LogP contribution in [0.2, 0.25) is 0 Å². The zero-order valence-corrected chi connectivity index (χ0v) is 45.7. The van der Waals surface area contributed by atoms with Gasteiger partial charge in [-0.15, -0.1) is 0 Å². The van der Waals surface area contributed by atoms with E-state index in [0.717, 1.165) is 47.9 Å². The van der Waals surface area contributed by atoms with Crippen LogP contribution in [-0.2, 0) is 45.2 Å². The molecular formula is C59H68N6O12S. The maximum Gasteiger partial charge on any atom is 0.272 e. The van der Waals surface area contributed by atoms with Crippen LogP contribution < -0.4 is 33.7 Å². The largest absolute Gasteiger partial charge is 0.493 e. The molecule has 3 saturated heterocycles. The van der Waals surface area contributed by atoms with Crippen molar-refractivity contribution in [2.24, 2.45) is 0 Å². The summed E-state index contributed by atoms with van der Waals surface area (Å²) in [6, 6.07) is 35.2. The first-order valence-electron chi connectivity index (χ1n) is 26.1. The highest BCUT2D eigenvalue weighted by molar-refractivity contribution is 7.85. The van der Waals surface area contributed by atoms with E-state index in [2.05, 4.69) is 81.8 Å². The number of rotatable bonds is 23. The fraction of sp³-hybridized carbons (Fsp3) is 0.373. The minimum absolute atomic E-state index is 0.0309. The number of nitrogens with zero attached hydrogens (tertiary/aromatic N) is 5. The molecule has 3 amide bonds. The number of carbonyl (C=O) groups is 3. The van der Waals surface area contributed by atoms with Crippen molar-refractivity contribution in [1.82, 2.24) is 30.0 Å². The predicted molar refractivity (Wildman–Crippen MR) is 293 cm³/mol. The van der Waals surface area contributed by atoms with E-state index in [1.165, 1.54) is 17.3 Å². The Balaban J connectivity index is 0.000000206. The minimum atomic E-state index is -3.53. The lowest BCUT2D eigenvalue weighted by molar-refractivity contribution is -0.124. The van der Waals surface area contributed by atoms with Crippen LogP contribution in [0.15, 0.2) is 122 Å². The van der Waals surface area contributed by atoms with Gasteiger partial charge in [-0.2, -0.15) is 8.42 Å². The molecule has 0 aliphatic carbocycles. The highest BCUT2D eigenvalue weighted by Gasteiger charge is 2.35. The standard InChI is InChI=1S/C31H36N4O5.C28H32N2O7S/c1-3-22-4-6-23(7-5-22)21-40-28-9-8-24(16-29(28)38-2)25-18-35(19-25)31(37)27-17-26(10-11-32-27)39-15-14-34-13-12-33-30(36)20-34;1-4-20-5-7-21(8-6-20)19-36-26-10-9-22(15-27(26)34-2)23-17-30(18-23)28(31)25-16-24(11-12-29-25)35-13-14-37-38(3,32)33/h4-11,16-17,25H,3,12-15,18-21H2,1-2H3,(H,33,36);5-12,15-16,23H,4,13-14,17-19H2,1-3H3. The van der Waals surface area contributed by atoms with Crippen molar-refractivity contribution in [2.45, 2.75) is 51.7 Å². The second kappa shape index (κ2) is 27.0. The first kappa shape index (κ1) is 56.5. The van der Waals surface area contributed by atoms with Crippen molar-refractivity contribution >= 4 is 27.8 Å². The first-order chi connectivity index (χ1) is 37.8. The summed E-state index contributed by atoms with van der Waals surface area (Å²) in [4.78, 5) is 51.5. The zero-order valence-electron chi connectivity index (χ0n) is 44.9. The number of amides is 3. The lowest BCUT2D eigenvalue weighted by atomic mass is 9.91. The fourth-order valence-electron chi connectivity index (χ4n) is 8.97. The molecule has 78 heavy (non-hydrogen) atoms. The van der Waals surface area contributed by atoms with Crippen molar-refractivity contribution in [1.29, 1.82) is 0 Å². The van der Waals surface area contributed by atoms with Crippen molar-refractivity contribution in [2.75, 3.05) is 92.7 Å². The Labute approximate surface area is 456 Å². The van der Waals surface area contributed by atoms with Crippen LogP contribution in [0.5, 0.6) is 34.5 Å². The summed E-state index contributed by atoms with van der Waals surface area (Å²) in [5, 5.41) is 2.81. The van der Waals surface area contributed by atoms with E-state index in [1.807, 2.05) is 41.3 Å². The summed E-state index contributed by atoms with van der Waals surface area (Å²) in [5.41, 5.74) is 7.59. The number of aromatic nitrogens is 2. The van der Waals surface area contributed by atoms with Crippen LogP contribution >= 0.6 is 0 Å². The number of nitrogens with one attached hydrogen (secondary N) is 1. The van der Waals surface area contributed by atoms with Crippen LogP contribution in [0, 0.1) is 0 Å². The molecule has 3 aliphatic heterocycles. The van der Waals surface area contributed by atoms with Gasteiger partial charge in [0.2, 0.25) is 5.91 Å². The second-order valence-corrected chi connectivity index (χ2v) is 20.8. The van der Waals surface area contributed by atoms with Gasteiger partial charge in [-0.25, -0.2) is 0 Å². The normalized spacial score (nSPS) is 14.7. The Bertz CT molecular complexity index is 3090. The van der Waals surface area contributed by atoms with Crippen LogP contribution in [-0.4, -0.2) is 143 Å². The minimum Gasteiger partial charge on any atom is -0.493 e. The number of carbonyl (C=O) groups excluding carboxylic acids is 3. The third-order valence-corrected chi connectivity index (χ3v) is 14.2. The van der Waals surface area contributed by atoms with Gasteiger partial charge in [0, 0.05) is 82.2 Å². The molecule has 0 bridgehead atoms. The summed E-state index contributed by atoms with van der Waals surface area (Å²) in [6.07, 6.45) is 6.07. The number of piperazine rings is 1. The predicted octanol–water partition coefficient (Wildman–Crippen LogP) is 7.11. The molecule has 9 rings (SSSR count). The third-order valence-electron chi connectivity index (χ3n) is 13.7. The molecule has 3 aliphatic rings. The van der Waals surface area contributed by atoms with Gasteiger partial charge in [-0.1, -0.05) is 74.5 Å². The maximum atomic E-state index is 13.1. The SMILES string of the molecule is CCc1ccc(COc2ccc(C3CN(C(=O)c4cc(OCCN5CCNC(=O)C5)ccn4)C3)cc2OC)cc1.CCc1ccc(COc2ccc(C3CN(C(=O)c4cc(OCCOS(C)(=O)=O)ccn4)C3)cc2OC)cc1. The molecule has 1 N–H and O–H groups in total. The molecule has 19 heteroatoms. The first-order valence-corrected chi connectivity index (χ1v) is 28.0. The lowest BCUT2D eigenvalue weighted by Crippen LogP contribution is -2.48. The quantitative estimate of drug-likeness (QED) is 0.0503. The third kappa shape index (κ3) is 15.7. The number of aryl methyl sites for hydroxylation is 2. The Morgan fingerprint density at radius 2 is 1.05 bits per heavy atom. The van der Waals surface area contributed by atoms with Crippen molar-refractivity contribution < 1.29 is 55.4 Å². The van der Waals surface area contributed by atoms with E-state index in [9.17, 15) is 22.8 Å². The molecule has 5 heterocycles. The Kier molecular flexibility index (Phi) is 19.6. The summed E-state index contributed by atoms with van der Waals surface area (Å²) in [5.74, 6) is 3.84. The fourth-order valence-corrected chi connectivity index (χ4v) is 9.34. The van der Waals surface area contributed by atoms with Gasteiger partial charge >= 0.3 is 0 Å². The second-order valence-electron chi connectivity index (χ2n) is 19.2. The summed E-state index contributed by atoms with van der Waals surface area (Å²) in [6.45, 7) is 10.4. The molecule has 4 aromatic carbocycles. The Morgan fingerprint density at radius 1 is 0.590 bits per heavy atom. The van der Waals surface area contributed by atoms with Gasteiger partial charge in [0.05, 0.1) is 27.0 Å². The number of pyridine rings is 2. The number of hydrogen-bond donors (Lipinski definition) is 1. The molecule has 6 aromatic rings. The van der Waals surface area contributed by atoms with Crippen molar-refractivity contribution in [3.05, 3.63) is 166 Å². The van der Waals surface area contributed by atoms with Crippen LogP contribution in [0.1, 0.15) is 80.0 Å².